The fourth-order valence-electron chi connectivity index (χ4n) is 2.96. The number of rotatable bonds is 3. The van der Waals surface area contributed by atoms with Crippen LogP contribution in [0.2, 0.25) is 0 Å². The van der Waals surface area contributed by atoms with Gasteiger partial charge in [0, 0.05) is 34.7 Å². The number of hydrogen-bond acceptors (Lipinski definition) is 2. The molecule has 1 saturated heterocycles. The van der Waals surface area contributed by atoms with Crippen LogP contribution in [0.3, 0.4) is 0 Å². The lowest BCUT2D eigenvalue weighted by Crippen LogP contribution is -2.23. The lowest BCUT2D eigenvalue weighted by molar-refractivity contribution is 0.775. The molecule has 21 heavy (non-hydrogen) atoms. The van der Waals surface area contributed by atoms with Crippen LogP contribution in [-0.2, 0) is 0 Å². The first kappa shape index (κ1) is 14.5. The van der Waals surface area contributed by atoms with Gasteiger partial charge in [-0.05, 0) is 30.2 Å². The van der Waals surface area contributed by atoms with Crippen molar-refractivity contribution in [3.63, 3.8) is 0 Å². The van der Waals surface area contributed by atoms with Crippen molar-refractivity contribution in [2.24, 2.45) is 5.73 Å². The molecule has 1 aliphatic heterocycles. The number of nitrogens with zero attached hydrogens (tertiary/aromatic N) is 1. The van der Waals surface area contributed by atoms with Crippen LogP contribution in [0.25, 0.3) is 0 Å². The number of nitrogens with two attached hydrogens (primary N) is 1. The quantitative estimate of drug-likeness (QED) is 0.836. The minimum Gasteiger partial charge on any atom is -0.389 e. The predicted molar refractivity (Wildman–Crippen MR) is 96.0 cm³/mol. The fraction of sp³-hybridized carbons (Fsp3) is 0.235. The second-order valence-electron chi connectivity index (χ2n) is 5.37. The molecule has 2 nitrogen and oxygen atoms in total. The average Bonchev–Trinajstić information content (AvgIpc) is 2.97. The van der Waals surface area contributed by atoms with Crippen LogP contribution >= 0.6 is 28.1 Å². The Hall–Kier alpha value is -1.39. The summed E-state index contributed by atoms with van der Waals surface area (Å²) in [6.07, 6.45) is 1.16. The second kappa shape index (κ2) is 6.16. The van der Waals surface area contributed by atoms with Gasteiger partial charge in [0.1, 0.15) is 4.99 Å². The summed E-state index contributed by atoms with van der Waals surface area (Å²) in [5, 5.41) is 0. The van der Waals surface area contributed by atoms with E-state index in [0.717, 1.165) is 35.2 Å². The first-order valence-corrected chi connectivity index (χ1v) is 8.24. The Morgan fingerprint density at radius 3 is 2.67 bits per heavy atom. The van der Waals surface area contributed by atoms with Crippen molar-refractivity contribution >= 4 is 38.8 Å². The summed E-state index contributed by atoms with van der Waals surface area (Å²) >= 11 is 8.69. The SMILES string of the molecule is NC(=S)c1cc(Br)ccc1N1CCC(c2ccccc2)C1. The molecule has 2 aromatic rings. The van der Waals surface area contributed by atoms with Crippen molar-refractivity contribution in [3.05, 3.63) is 64.1 Å². The van der Waals surface area contributed by atoms with E-state index in [1.54, 1.807) is 0 Å². The number of thiocarbonyl (C=S) groups is 1. The number of anilines is 1. The molecule has 0 bridgehead atoms. The van der Waals surface area contributed by atoms with Gasteiger partial charge in [-0.15, -0.1) is 0 Å². The first-order valence-electron chi connectivity index (χ1n) is 7.04. The highest BCUT2D eigenvalue weighted by Crippen LogP contribution is 2.33. The van der Waals surface area contributed by atoms with Crippen molar-refractivity contribution < 1.29 is 0 Å². The zero-order chi connectivity index (χ0) is 14.8. The van der Waals surface area contributed by atoms with Gasteiger partial charge in [0.05, 0.1) is 0 Å². The number of hydrogen-bond donors (Lipinski definition) is 1. The molecule has 3 rings (SSSR count). The maximum Gasteiger partial charge on any atom is 0.106 e. The largest absolute Gasteiger partial charge is 0.389 e. The molecule has 1 atom stereocenters. The fourth-order valence-corrected chi connectivity index (χ4v) is 3.48. The molecule has 1 fully saturated rings. The van der Waals surface area contributed by atoms with Crippen molar-refractivity contribution in [1.82, 2.24) is 0 Å². The van der Waals surface area contributed by atoms with E-state index in [1.807, 2.05) is 12.1 Å². The van der Waals surface area contributed by atoms with Crippen molar-refractivity contribution in [2.75, 3.05) is 18.0 Å². The first-order chi connectivity index (χ1) is 10.1. The summed E-state index contributed by atoms with van der Waals surface area (Å²) < 4.78 is 1.01. The van der Waals surface area contributed by atoms with Gasteiger partial charge in [-0.25, -0.2) is 0 Å². The summed E-state index contributed by atoms with van der Waals surface area (Å²) in [6.45, 7) is 2.05. The van der Waals surface area contributed by atoms with E-state index < -0.39 is 0 Å². The summed E-state index contributed by atoms with van der Waals surface area (Å²) in [4.78, 5) is 2.84. The average molecular weight is 361 g/mol. The van der Waals surface area contributed by atoms with Crippen molar-refractivity contribution in [3.8, 4) is 0 Å². The van der Waals surface area contributed by atoms with Crippen LogP contribution < -0.4 is 10.6 Å². The monoisotopic (exact) mass is 360 g/mol. The zero-order valence-corrected chi connectivity index (χ0v) is 14.0. The zero-order valence-electron chi connectivity index (χ0n) is 11.6. The Kier molecular flexibility index (Phi) is 4.27. The van der Waals surface area contributed by atoms with Crippen LogP contribution in [-0.4, -0.2) is 18.1 Å². The third kappa shape index (κ3) is 3.11. The topological polar surface area (TPSA) is 29.3 Å². The number of benzene rings is 2. The molecule has 2 aromatic carbocycles. The normalized spacial score (nSPS) is 18.0. The van der Waals surface area contributed by atoms with E-state index in [-0.39, 0.29) is 0 Å². The van der Waals surface area contributed by atoms with Gasteiger partial charge in [0.15, 0.2) is 0 Å². The molecule has 108 valence electrons. The third-order valence-electron chi connectivity index (χ3n) is 4.02. The van der Waals surface area contributed by atoms with Gasteiger partial charge in [0.25, 0.3) is 0 Å². The Bertz CT molecular complexity index is 657. The second-order valence-corrected chi connectivity index (χ2v) is 6.72. The van der Waals surface area contributed by atoms with E-state index in [1.165, 1.54) is 5.56 Å². The Morgan fingerprint density at radius 2 is 1.95 bits per heavy atom. The molecule has 0 amide bonds. The molecular formula is C17H17BrN2S. The summed E-state index contributed by atoms with van der Waals surface area (Å²) in [5.41, 5.74) is 9.39. The van der Waals surface area contributed by atoms with E-state index in [9.17, 15) is 0 Å². The maximum absolute atomic E-state index is 5.88. The molecule has 0 saturated carbocycles. The highest BCUT2D eigenvalue weighted by Gasteiger charge is 2.25. The lowest BCUT2D eigenvalue weighted by Gasteiger charge is -2.22. The van der Waals surface area contributed by atoms with E-state index >= 15 is 0 Å². The molecule has 2 N–H and O–H groups in total. The van der Waals surface area contributed by atoms with Gasteiger partial charge in [-0.1, -0.05) is 58.5 Å². The van der Waals surface area contributed by atoms with Crippen LogP contribution in [0.5, 0.6) is 0 Å². The highest BCUT2D eigenvalue weighted by atomic mass is 79.9. The maximum atomic E-state index is 5.88. The van der Waals surface area contributed by atoms with Crippen LogP contribution in [0, 0.1) is 0 Å². The van der Waals surface area contributed by atoms with Crippen molar-refractivity contribution in [1.29, 1.82) is 0 Å². The van der Waals surface area contributed by atoms with Gasteiger partial charge < -0.3 is 10.6 Å². The molecular weight excluding hydrogens is 344 g/mol. The van der Waals surface area contributed by atoms with Crippen molar-refractivity contribution in [2.45, 2.75) is 12.3 Å². The van der Waals surface area contributed by atoms with Crippen LogP contribution in [0.1, 0.15) is 23.5 Å². The molecule has 1 aliphatic rings. The standard InChI is InChI=1S/C17H17BrN2S/c18-14-6-7-16(15(10-14)17(19)21)20-9-8-13(11-20)12-4-2-1-3-5-12/h1-7,10,13H,8-9,11H2,(H2,19,21). The minimum atomic E-state index is 0.453. The molecule has 0 aromatic heterocycles. The van der Waals surface area contributed by atoms with Gasteiger partial charge in [-0.3, -0.25) is 0 Å². The third-order valence-corrected chi connectivity index (χ3v) is 4.74. The Labute approximate surface area is 139 Å². The summed E-state index contributed by atoms with van der Waals surface area (Å²) in [5.74, 6) is 0.578. The van der Waals surface area contributed by atoms with Crippen LogP contribution in [0.15, 0.2) is 53.0 Å². The molecule has 4 heteroatoms. The summed E-state index contributed by atoms with van der Waals surface area (Å²) in [6, 6.07) is 16.9. The highest BCUT2D eigenvalue weighted by molar-refractivity contribution is 9.10. The summed E-state index contributed by atoms with van der Waals surface area (Å²) in [7, 11) is 0. The van der Waals surface area contributed by atoms with Gasteiger partial charge >= 0.3 is 0 Å². The molecule has 1 heterocycles. The number of halogens is 1. The van der Waals surface area contributed by atoms with Crippen LogP contribution in [0.4, 0.5) is 5.69 Å². The Morgan fingerprint density at radius 1 is 1.19 bits per heavy atom. The molecule has 0 aliphatic carbocycles. The van der Waals surface area contributed by atoms with E-state index in [2.05, 4.69) is 57.2 Å². The van der Waals surface area contributed by atoms with E-state index in [0.29, 0.717) is 10.9 Å². The smallest absolute Gasteiger partial charge is 0.106 e. The molecule has 0 spiro atoms. The van der Waals surface area contributed by atoms with E-state index in [4.69, 9.17) is 18.0 Å². The lowest BCUT2D eigenvalue weighted by atomic mass is 9.99. The predicted octanol–water partition coefficient (Wildman–Crippen LogP) is 4.08. The van der Waals surface area contributed by atoms with Gasteiger partial charge in [0.2, 0.25) is 0 Å². The molecule has 0 radical (unpaired) electrons. The van der Waals surface area contributed by atoms with Gasteiger partial charge in [-0.2, -0.15) is 0 Å². The Balaban J connectivity index is 1.85. The molecule has 1 unspecified atom stereocenters. The minimum absolute atomic E-state index is 0.453.